The van der Waals surface area contributed by atoms with Crippen molar-refractivity contribution in [3.8, 4) is 17.0 Å². The number of hydrogen-bond donors (Lipinski definition) is 2. The average molecular weight is 537 g/mol. The Hall–Kier alpha value is -4.09. The summed E-state index contributed by atoms with van der Waals surface area (Å²) in [4.78, 5) is 24.4. The van der Waals surface area contributed by atoms with Gasteiger partial charge in [-0.1, -0.05) is 6.07 Å². The summed E-state index contributed by atoms with van der Waals surface area (Å²) in [6, 6.07) is 9.03. The Kier molecular flexibility index (Phi) is 7.45. The topological polar surface area (TPSA) is 108 Å². The van der Waals surface area contributed by atoms with Gasteiger partial charge in [0.25, 0.3) is 5.91 Å². The van der Waals surface area contributed by atoms with Crippen LogP contribution in [0.5, 0.6) is 5.75 Å². The molecule has 1 amide bonds. The van der Waals surface area contributed by atoms with E-state index in [2.05, 4.69) is 19.8 Å². The first-order valence-electron chi connectivity index (χ1n) is 12.6. The third-order valence-corrected chi connectivity index (χ3v) is 6.96. The van der Waals surface area contributed by atoms with Crippen molar-refractivity contribution in [2.75, 3.05) is 44.1 Å². The van der Waals surface area contributed by atoms with Gasteiger partial charge >= 0.3 is 0 Å². The molecule has 39 heavy (non-hydrogen) atoms. The van der Waals surface area contributed by atoms with Gasteiger partial charge in [-0.15, -0.1) is 0 Å². The van der Waals surface area contributed by atoms with E-state index in [0.29, 0.717) is 37.4 Å². The number of amides is 1. The highest BCUT2D eigenvalue weighted by Gasteiger charge is 2.28. The number of imidazole rings is 1. The predicted octanol–water partition coefficient (Wildman–Crippen LogP) is 4.13. The van der Waals surface area contributed by atoms with E-state index in [9.17, 15) is 9.18 Å². The highest BCUT2D eigenvalue weighted by atomic mass is 19.1. The molecular formula is C28H30F2N6O3. The maximum absolute atomic E-state index is 15.7. The Morgan fingerprint density at radius 1 is 1.21 bits per heavy atom. The Labute approximate surface area is 224 Å². The van der Waals surface area contributed by atoms with Crippen molar-refractivity contribution in [2.45, 2.75) is 25.9 Å². The number of rotatable bonds is 8. The van der Waals surface area contributed by atoms with Crippen LogP contribution >= 0.6 is 0 Å². The van der Waals surface area contributed by atoms with Crippen LogP contribution in [0, 0.1) is 18.6 Å². The van der Waals surface area contributed by atoms with Crippen LogP contribution in [0.2, 0.25) is 0 Å². The Balaban J connectivity index is 1.56. The molecule has 1 aliphatic heterocycles. The first-order chi connectivity index (χ1) is 18.8. The van der Waals surface area contributed by atoms with Gasteiger partial charge in [0, 0.05) is 39.0 Å². The molecule has 0 spiro atoms. The largest absolute Gasteiger partial charge is 0.496 e. The summed E-state index contributed by atoms with van der Waals surface area (Å²) >= 11 is 0. The quantitative estimate of drug-likeness (QED) is 0.349. The third kappa shape index (κ3) is 4.90. The number of carbonyl (C=O) groups is 1. The van der Waals surface area contributed by atoms with Crippen molar-refractivity contribution in [2.24, 2.45) is 5.73 Å². The summed E-state index contributed by atoms with van der Waals surface area (Å²) in [7, 11) is 3.00. The van der Waals surface area contributed by atoms with Crippen LogP contribution in [0.4, 0.5) is 20.2 Å². The summed E-state index contributed by atoms with van der Waals surface area (Å²) < 4.78 is 42.9. The fourth-order valence-corrected chi connectivity index (χ4v) is 5.06. The molecule has 0 radical (unpaired) electrons. The molecule has 3 N–H and O–H groups in total. The van der Waals surface area contributed by atoms with Gasteiger partial charge in [0.1, 0.15) is 28.6 Å². The zero-order valence-corrected chi connectivity index (χ0v) is 22.0. The van der Waals surface area contributed by atoms with E-state index in [1.54, 1.807) is 13.2 Å². The molecular weight excluding hydrogens is 506 g/mol. The number of hydrogen-bond acceptors (Lipinski definition) is 7. The van der Waals surface area contributed by atoms with E-state index < -0.39 is 17.5 Å². The lowest BCUT2D eigenvalue weighted by Crippen LogP contribution is -2.27. The van der Waals surface area contributed by atoms with Crippen LogP contribution in [0.15, 0.2) is 42.6 Å². The summed E-state index contributed by atoms with van der Waals surface area (Å²) in [5.74, 6) is -1.46. The van der Waals surface area contributed by atoms with Gasteiger partial charge in [-0.05, 0) is 43.7 Å². The number of nitrogens with zero attached hydrogens (tertiary/aromatic N) is 4. The maximum Gasteiger partial charge on any atom is 0.258 e. The number of aromatic nitrogens is 3. The van der Waals surface area contributed by atoms with Crippen LogP contribution < -0.4 is 20.7 Å². The minimum atomic E-state index is -0.955. The molecule has 1 aliphatic rings. The molecule has 1 saturated heterocycles. The summed E-state index contributed by atoms with van der Waals surface area (Å²) in [5.41, 5.74) is 8.25. The normalized spacial score (nSPS) is 15.2. The molecule has 4 aromatic rings. The second-order valence-electron chi connectivity index (χ2n) is 9.42. The number of methoxy groups -OCH3 is 2. The van der Waals surface area contributed by atoms with Crippen molar-refractivity contribution in [3.63, 3.8) is 0 Å². The number of halogens is 2. The molecule has 5 rings (SSSR count). The number of ether oxygens (including phenoxy) is 2. The number of fused-ring (bicyclic) bond motifs is 1. The predicted molar refractivity (Wildman–Crippen MR) is 145 cm³/mol. The van der Waals surface area contributed by atoms with Crippen LogP contribution in [0.1, 0.15) is 22.6 Å². The van der Waals surface area contributed by atoms with Crippen molar-refractivity contribution in [1.29, 1.82) is 0 Å². The lowest BCUT2D eigenvalue weighted by molar-refractivity contribution is 0.102. The van der Waals surface area contributed by atoms with Gasteiger partial charge in [-0.3, -0.25) is 9.78 Å². The number of anilines is 2. The summed E-state index contributed by atoms with van der Waals surface area (Å²) in [6.45, 7) is 4.33. The number of aryl methyl sites for hydroxylation is 1. The van der Waals surface area contributed by atoms with Gasteiger partial charge < -0.3 is 30.0 Å². The number of nitrogens with one attached hydrogen (secondary N) is 1. The van der Waals surface area contributed by atoms with E-state index in [4.69, 9.17) is 20.2 Å². The molecule has 0 aliphatic carbocycles. The van der Waals surface area contributed by atoms with E-state index >= 15 is 4.39 Å². The fraction of sp³-hybridized carbons (Fsp3) is 0.321. The third-order valence-electron chi connectivity index (χ3n) is 6.96. The average Bonchev–Trinajstić information content (AvgIpc) is 3.49. The standard InChI is InChI=1S/C28H30F2N6O3/c1-16-33-25-21(36(16)13-14-38-2)8-7-20(27(25)35-12-10-17(31)15-35)34-28(37)18-9-11-32-26(24(18)30)23-19(29)5-4-6-22(23)39-3/h4-9,11,17H,10,12-15,31H2,1-3H3,(H,34,37)/t17-/m0/s1. The van der Waals surface area contributed by atoms with Crippen molar-refractivity contribution >= 4 is 28.3 Å². The lowest BCUT2D eigenvalue weighted by atomic mass is 10.1. The SMILES string of the molecule is COCCn1c(C)nc2c(N3CC[C@H](N)C3)c(NC(=O)c3ccnc(-c4c(F)cccc4OC)c3F)ccc21. The minimum absolute atomic E-state index is 0.0172. The molecule has 2 aromatic carbocycles. The Bertz CT molecular complexity index is 1540. The van der Waals surface area contributed by atoms with Gasteiger partial charge in [-0.25, -0.2) is 13.8 Å². The molecule has 204 valence electrons. The van der Waals surface area contributed by atoms with Crippen molar-refractivity contribution < 1.29 is 23.0 Å². The number of benzene rings is 2. The van der Waals surface area contributed by atoms with E-state index in [0.717, 1.165) is 23.4 Å². The molecule has 0 saturated carbocycles. The van der Waals surface area contributed by atoms with Gasteiger partial charge in [0.15, 0.2) is 5.82 Å². The second kappa shape index (κ2) is 11.0. The molecule has 11 heteroatoms. The molecule has 0 unspecified atom stereocenters. The van der Waals surface area contributed by atoms with Gasteiger partial charge in [0.2, 0.25) is 0 Å². The van der Waals surface area contributed by atoms with Crippen LogP contribution in [-0.4, -0.2) is 60.4 Å². The molecule has 0 bridgehead atoms. The monoisotopic (exact) mass is 536 g/mol. The molecule has 3 heterocycles. The smallest absolute Gasteiger partial charge is 0.258 e. The number of nitrogens with two attached hydrogens (primary N) is 1. The lowest BCUT2D eigenvalue weighted by Gasteiger charge is -2.23. The fourth-order valence-electron chi connectivity index (χ4n) is 5.06. The molecule has 9 nitrogen and oxygen atoms in total. The van der Waals surface area contributed by atoms with E-state index in [-0.39, 0.29) is 28.6 Å². The van der Waals surface area contributed by atoms with Gasteiger partial charge in [0.05, 0.1) is 41.7 Å². The zero-order chi connectivity index (χ0) is 27.7. The van der Waals surface area contributed by atoms with Crippen molar-refractivity contribution in [1.82, 2.24) is 14.5 Å². The first-order valence-corrected chi connectivity index (χ1v) is 12.6. The number of carbonyl (C=O) groups excluding carboxylic acids is 1. The van der Waals surface area contributed by atoms with Crippen LogP contribution in [-0.2, 0) is 11.3 Å². The zero-order valence-electron chi connectivity index (χ0n) is 22.0. The second-order valence-corrected chi connectivity index (χ2v) is 9.42. The van der Waals surface area contributed by atoms with Crippen molar-refractivity contribution in [3.05, 3.63) is 65.6 Å². The van der Waals surface area contributed by atoms with Crippen LogP contribution in [0.3, 0.4) is 0 Å². The van der Waals surface area contributed by atoms with Crippen LogP contribution in [0.25, 0.3) is 22.3 Å². The first kappa shape index (κ1) is 26.5. The highest BCUT2D eigenvalue weighted by molar-refractivity contribution is 6.09. The minimum Gasteiger partial charge on any atom is -0.496 e. The molecule has 1 fully saturated rings. The number of pyridine rings is 1. The Morgan fingerprint density at radius 2 is 2.03 bits per heavy atom. The summed E-state index contributed by atoms with van der Waals surface area (Å²) in [5, 5.41) is 2.86. The molecule has 1 atom stereocenters. The Morgan fingerprint density at radius 3 is 2.74 bits per heavy atom. The highest BCUT2D eigenvalue weighted by Crippen LogP contribution is 2.38. The van der Waals surface area contributed by atoms with Gasteiger partial charge in [-0.2, -0.15) is 0 Å². The van der Waals surface area contributed by atoms with E-state index in [1.807, 2.05) is 13.0 Å². The molecule has 2 aromatic heterocycles. The maximum atomic E-state index is 15.7. The van der Waals surface area contributed by atoms with E-state index in [1.165, 1.54) is 37.6 Å². The summed E-state index contributed by atoms with van der Waals surface area (Å²) in [6.07, 6.45) is 2.06.